The Labute approximate surface area is 112 Å². The molecule has 0 aromatic heterocycles. The van der Waals surface area contributed by atoms with Crippen LogP contribution in [0.15, 0.2) is 0 Å². The molecule has 0 aliphatic heterocycles. The number of aliphatic hydroxyl groups excluding tert-OH is 4. The summed E-state index contributed by atoms with van der Waals surface area (Å²) in [7, 11) is 0. The largest absolute Gasteiger partial charge is 0.394 e. The number of Topliss-reactive ketones (excluding diaryl/α,β-unsaturated/α-hetero) is 1. The van der Waals surface area contributed by atoms with Gasteiger partial charge in [-0.1, -0.05) is 23.2 Å². The molecule has 0 fully saturated rings. The van der Waals surface area contributed by atoms with Crippen molar-refractivity contribution >= 4 is 34.9 Å². The van der Waals surface area contributed by atoms with Gasteiger partial charge < -0.3 is 20.4 Å². The van der Waals surface area contributed by atoms with Gasteiger partial charge in [-0.2, -0.15) is 0 Å². The second kappa shape index (κ2) is 8.59. The third-order valence-corrected chi connectivity index (χ3v) is 2.22. The molecule has 10 heteroatoms. The maximum absolute atomic E-state index is 11.2. The van der Waals surface area contributed by atoms with Gasteiger partial charge in [0.25, 0.3) is 5.91 Å². The maximum Gasteiger partial charge on any atom is 0.276 e. The number of hydrogen-bond acceptors (Lipinski definition) is 7. The van der Waals surface area contributed by atoms with Crippen LogP contribution in [0.3, 0.4) is 0 Å². The molecule has 106 valence electrons. The molecular formula is C8H13Cl2NO7. The molecule has 0 bridgehead atoms. The van der Waals surface area contributed by atoms with E-state index in [1.165, 1.54) is 0 Å². The Morgan fingerprint density at radius 1 is 1.22 bits per heavy atom. The lowest BCUT2D eigenvalue weighted by Gasteiger charge is -2.20. The van der Waals surface area contributed by atoms with Crippen LogP contribution in [0.25, 0.3) is 0 Å². The number of rotatable bonds is 8. The quantitative estimate of drug-likeness (QED) is 0.247. The average Bonchev–Trinajstić information content (AvgIpc) is 2.35. The third kappa shape index (κ3) is 5.91. The fourth-order valence-electron chi connectivity index (χ4n) is 0.817. The number of ketones is 1. The molecule has 0 aromatic rings. The molecule has 18 heavy (non-hydrogen) atoms. The highest BCUT2D eigenvalue weighted by atomic mass is 35.5. The third-order valence-electron chi connectivity index (χ3n) is 1.82. The number of carbonyl (C=O) groups excluding carboxylic acids is 2. The Kier molecular flexibility index (Phi) is 8.36. The summed E-state index contributed by atoms with van der Waals surface area (Å²) in [5.74, 6) is -1.92. The van der Waals surface area contributed by atoms with Crippen LogP contribution in [-0.2, 0) is 14.4 Å². The van der Waals surface area contributed by atoms with Gasteiger partial charge in [0, 0.05) is 0 Å². The number of nitrogens with one attached hydrogen (secondary N) is 1. The summed E-state index contributed by atoms with van der Waals surface area (Å²) in [6.45, 7) is -1.61. The van der Waals surface area contributed by atoms with Gasteiger partial charge in [-0.3, -0.25) is 14.4 Å². The van der Waals surface area contributed by atoms with Crippen LogP contribution < -0.4 is 5.48 Å². The number of alkyl halides is 2. The lowest BCUT2D eigenvalue weighted by atomic mass is 10.1. The van der Waals surface area contributed by atoms with Crippen molar-refractivity contribution in [2.45, 2.75) is 23.1 Å². The molecule has 3 atom stereocenters. The van der Waals surface area contributed by atoms with Crippen LogP contribution >= 0.6 is 23.2 Å². The standard InChI is InChI=1S/C8H13Cl2NO7/c9-7(10)8(17)11-18-2-4(14)6(16)5(15)3(13)1-12/h3,5-7,12-13,15-16H,1-2H2,(H,11,17)/t3-,5+,6+/m1/s1. The van der Waals surface area contributed by atoms with Crippen LogP contribution in [0.4, 0.5) is 0 Å². The first-order valence-electron chi connectivity index (χ1n) is 4.68. The Balaban J connectivity index is 4.06. The van der Waals surface area contributed by atoms with E-state index < -0.39 is 48.1 Å². The van der Waals surface area contributed by atoms with Crippen LogP contribution in [0.2, 0.25) is 0 Å². The molecular weight excluding hydrogens is 293 g/mol. The van der Waals surface area contributed by atoms with E-state index in [0.717, 1.165) is 0 Å². The van der Waals surface area contributed by atoms with E-state index in [4.69, 9.17) is 33.4 Å². The highest BCUT2D eigenvalue weighted by molar-refractivity contribution is 6.53. The number of aliphatic hydroxyl groups is 4. The lowest BCUT2D eigenvalue weighted by molar-refractivity contribution is -0.150. The highest BCUT2D eigenvalue weighted by Crippen LogP contribution is 2.02. The van der Waals surface area contributed by atoms with E-state index in [1.54, 1.807) is 5.48 Å². The van der Waals surface area contributed by atoms with Crippen LogP contribution in [0, 0.1) is 0 Å². The fourth-order valence-corrected chi connectivity index (χ4v) is 0.906. The van der Waals surface area contributed by atoms with E-state index in [9.17, 15) is 19.8 Å². The van der Waals surface area contributed by atoms with Gasteiger partial charge in [0.1, 0.15) is 24.9 Å². The summed E-state index contributed by atoms with van der Waals surface area (Å²) in [5, 5.41) is 35.9. The van der Waals surface area contributed by atoms with E-state index in [-0.39, 0.29) is 0 Å². The Morgan fingerprint density at radius 3 is 2.22 bits per heavy atom. The summed E-state index contributed by atoms with van der Waals surface area (Å²) < 4.78 is 0. The molecule has 0 unspecified atom stereocenters. The zero-order valence-electron chi connectivity index (χ0n) is 8.99. The molecule has 0 rings (SSSR count). The van der Waals surface area contributed by atoms with Crippen molar-refractivity contribution in [1.82, 2.24) is 5.48 Å². The molecule has 8 nitrogen and oxygen atoms in total. The molecule has 0 aromatic carbocycles. The zero-order valence-corrected chi connectivity index (χ0v) is 10.5. The van der Waals surface area contributed by atoms with Gasteiger partial charge in [-0.25, -0.2) is 5.48 Å². The van der Waals surface area contributed by atoms with Gasteiger partial charge in [0.15, 0.2) is 10.6 Å². The Hall–Kier alpha value is -0.480. The van der Waals surface area contributed by atoms with Crippen LogP contribution in [0.1, 0.15) is 0 Å². The van der Waals surface area contributed by atoms with Gasteiger partial charge in [0.2, 0.25) is 0 Å². The molecule has 0 spiro atoms. The van der Waals surface area contributed by atoms with Crippen molar-refractivity contribution in [3.63, 3.8) is 0 Å². The van der Waals surface area contributed by atoms with Gasteiger partial charge in [0.05, 0.1) is 6.61 Å². The molecule has 0 aliphatic carbocycles. The first kappa shape index (κ1) is 17.5. The van der Waals surface area contributed by atoms with Crippen molar-refractivity contribution in [2.75, 3.05) is 13.2 Å². The van der Waals surface area contributed by atoms with Crippen molar-refractivity contribution < 1.29 is 34.9 Å². The van der Waals surface area contributed by atoms with Crippen LogP contribution in [-0.4, -0.2) is 68.5 Å². The monoisotopic (exact) mass is 305 g/mol. The molecule has 1 amide bonds. The first-order chi connectivity index (χ1) is 8.31. The lowest BCUT2D eigenvalue weighted by Crippen LogP contribution is -2.45. The molecule has 5 N–H and O–H groups in total. The first-order valence-corrected chi connectivity index (χ1v) is 5.56. The van der Waals surface area contributed by atoms with Crippen molar-refractivity contribution in [2.24, 2.45) is 0 Å². The summed E-state index contributed by atoms with van der Waals surface area (Å²) in [6, 6.07) is 0. The number of amides is 1. The SMILES string of the molecule is O=C(NOCC(=O)[C@H](O)[C@@H](O)[C@H](O)CO)C(Cl)Cl. The highest BCUT2D eigenvalue weighted by Gasteiger charge is 2.30. The van der Waals surface area contributed by atoms with Crippen molar-refractivity contribution in [1.29, 1.82) is 0 Å². The smallest absolute Gasteiger partial charge is 0.276 e. The van der Waals surface area contributed by atoms with Gasteiger partial charge >= 0.3 is 0 Å². The number of hydrogen-bond donors (Lipinski definition) is 5. The topological polar surface area (TPSA) is 136 Å². The van der Waals surface area contributed by atoms with Gasteiger partial charge in [-0.05, 0) is 0 Å². The minimum Gasteiger partial charge on any atom is -0.394 e. The molecule has 0 radical (unpaired) electrons. The minimum absolute atomic E-state index is 0.775. The van der Waals surface area contributed by atoms with Crippen LogP contribution in [0.5, 0.6) is 0 Å². The Morgan fingerprint density at radius 2 is 1.78 bits per heavy atom. The maximum atomic E-state index is 11.2. The summed E-state index contributed by atoms with van der Waals surface area (Å²) in [5.41, 5.74) is 1.72. The summed E-state index contributed by atoms with van der Waals surface area (Å²) in [6.07, 6.45) is -5.50. The normalized spacial score (nSPS) is 16.2. The summed E-state index contributed by atoms with van der Waals surface area (Å²) in [4.78, 5) is 25.0. The number of halogens is 2. The van der Waals surface area contributed by atoms with E-state index in [1.807, 2.05) is 0 Å². The second-order valence-corrected chi connectivity index (χ2v) is 4.30. The van der Waals surface area contributed by atoms with Crippen molar-refractivity contribution in [3.05, 3.63) is 0 Å². The van der Waals surface area contributed by atoms with Gasteiger partial charge in [-0.15, -0.1) is 0 Å². The second-order valence-electron chi connectivity index (χ2n) is 3.21. The molecule has 0 aliphatic rings. The molecule has 0 saturated carbocycles. The molecule has 0 saturated heterocycles. The zero-order chi connectivity index (χ0) is 14.3. The average molecular weight is 306 g/mol. The summed E-state index contributed by atoms with van der Waals surface area (Å²) >= 11 is 10.3. The Bertz CT molecular complexity index is 289. The number of carbonyl (C=O) groups is 2. The minimum atomic E-state index is -1.97. The van der Waals surface area contributed by atoms with E-state index >= 15 is 0 Å². The molecule has 0 heterocycles. The predicted molar refractivity (Wildman–Crippen MR) is 59.7 cm³/mol. The predicted octanol–water partition coefficient (Wildman–Crippen LogP) is -2.52. The van der Waals surface area contributed by atoms with Crippen molar-refractivity contribution in [3.8, 4) is 0 Å². The number of hydroxylamine groups is 1. The van der Waals surface area contributed by atoms with E-state index in [0.29, 0.717) is 0 Å². The van der Waals surface area contributed by atoms with E-state index in [2.05, 4.69) is 4.84 Å². The fraction of sp³-hybridized carbons (Fsp3) is 0.750.